The van der Waals surface area contributed by atoms with Crippen molar-refractivity contribution < 1.29 is 18.6 Å². The standard InChI is InChI=1S/C20H26FNO3/c1-13(2)25-20-10-14(5-7-19(20)24-4)9-15(12-22)17-11-16(21)6-8-18(17)23-3/h5-8,10-11,13,15H,9,12,22H2,1-4H3. The highest BCUT2D eigenvalue weighted by Gasteiger charge is 2.18. The van der Waals surface area contributed by atoms with E-state index in [1.54, 1.807) is 20.3 Å². The number of benzene rings is 2. The van der Waals surface area contributed by atoms with Crippen molar-refractivity contribution in [3.05, 3.63) is 53.3 Å². The normalized spacial score (nSPS) is 12.1. The molecule has 0 aliphatic carbocycles. The molecule has 0 spiro atoms. The summed E-state index contributed by atoms with van der Waals surface area (Å²) in [6, 6.07) is 10.3. The molecule has 1 unspecified atom stereocenters. The van der Waals surface area contributed by atoms with Gasteiger partial charge < -0.3 is 19.9 Å². The summed E-state index contributed by atoms with van der Waals surface area (Å²) in [5.74, 6) is 1.66. The predicted molar refractivity (Wildman–Crippen MR) is 97.2 cm³/mol. The number of rotatable bonds is 8. The van der Waals surface area contributed by atoms with Crippen LogP contribution < -0.4 is 19.9 Å². The lowest BCUT2D eigenvalue weighted by Gasteiger charge is -2.20. The minimum Gasteiger partial charge on any atom is -0.496 e. The molecule has 0 saturated heterocycles. The first-order chi connectivity index (χ1) is 12.0. The molecule has 2 aromatic carbocycles. The molecule has 25 heavy (non-hydrogen) atoms. The smallest absolute Gasteiger partial charge is 0.161 e. The molecule has 0 fully saturated rings. The fraction of sp³-hybridized carbons (Fsp3) is 0.400. The van der Waals surface area contributed by atoms with Gasteiger partial charge in [-0.25, -0.2) is 4.39 Å². The zero-order valence-electron chi connectivity index (χ0n) is 15.2. The van der Waals surface area contributed by atoms with Gasteiger partial charge in [0.25, 0.3) is 0 Å². The molecule has 0 saturated carbocycles. The Bertz CT molecular complexity index is 703. The third kappa shape index (κ3) is 4.86. The molecule has 0 aliphatic rings. The van der Waals surface area contributed by atoms with E-state index in [-0.39, 0.29) is 17.8 Å². The SMILES string of the molecule is COc1ccc(CC(CN)c2cc(F)ccc2OC)cc1OC(C)C. The molecule has 136 valence electrons. The van der Waals surface area contributed by atoms with E-state index in [0.29, 0.717) is 30.2 Å². The van der Waals surface area contributed by atoms with Crippen LogP contribution in [0, 0.1) is 5.82 Å². The Labute approximate surface area is 148 Å². The van der Waals surface area contributed by atoms with Crippen LogP contribution in [0.1, 0.15) is 30.9 Å². The van der Waals surface area contributed by atoms with Gasteiger partial charge in [0.1, 0.15) is 11.6 Å². The van der Waals surface area contributed by atoms with Gasteiger partial charge in [-0.3, -0.25) is 0 Å². The van der Waals surface area contributed by atoms with Gasteiger partial charge >= 0.3 is 0 Å². The maximum absolute atomic E-state index is 13.7. The van der Waals surface area contributed by atoms with Gasteiger partial charge in [0.15, 0.2) is 11.5 Å². The van der Waals surface area contributed by atoms with Crippen LogP contribution in [0.3, 0.4) is 0 Å². The molecule has 4 nitrogen and oxygen atoms in total. The van der Waals surface area contributed by atoms with Crippen LogP contribution in [0.15, 0.2) is 36.4 Å². The van der Waals surface area contributed by atoms with E-state index in [9.17, 15) is 4.39 Å². The van der Waals surface area contributed by atoms with Gasteiger partial charge in [-0.2, -0.15) is 0 Å². The predicted octanol–water partition coefficient (Wildman–Crippen LogP) is 3.92. The van der Waals surface area contributed by atoms with Gasteiger partial charge in [0.2, 0.25) is 0 Å². The molecule has 2 aromatic rings. The molecule has 0 bridgehead atoms. The third-order valence-corrected chi connectivity index (χ3v) is 3.99. The van der Waals surface area contributed by atoms with Crippen LogP contribution in [0.2, 0.25) is 0 Å². The fourth-order valence-electron chi connectivity index (χ4n) is 2.82. The van der Waals surface area contributed by atoms with Gasteiger partial charge in [0, 0.05) is 11.5 Å². The van der Waals surface area contributed by atoms with Crippen LogP contribution in [-0.4, -0.2) is 26.9 Å². The van der Waals surface area contributed by atoms with Crippen LogP contribution in [0.5, 0.6) is 17.2 Å². The lowest BCUT2D eigenvalue weighted by Crippen LogP contribution is -2.16. The van der Waals surface area contributed by atoms with Crippen molar-refractivity contribution in [2.24, 2.45) is 5.73 Å². The highest BCUT2D eigenvalue weighted by molar-refractivity contribution is 5.44. The van der Waals surface area contributed by atoms with E-state index in [1.165, 1.54) is 12.1 Å². The number of methoxy groups -OCH3 is 2. The Morgan fingerprint density at radius 1 is 0.960 bits per heavy atom. The maximum Gasteiger partial charge on any atom is 0.161 e. The molecule has 5 heteroatoms. The second-order valence-electron chi connectivity index (χ2n) is 6.17. The zero-order valence-corrected chi connectivity index (χ0v) is 15.2. The second-order valence-corrected chi connectivity index (χ2v) is 6.17. The summed E-state index contributed by atoms with van der Waals surface area (Å²) >= 11 is 0. The zero-order chi connectivity index (χ0) is 18.4. The maximum atomic E-state index is 13.7. The lowest BCUT2D eigenvalue weighted by molar-refractivity contribution is 0.230. The number of halogens is 1. The number of hydrogen-bond acceptors (Lipinski definition) is 4. The number of ether oxygens (including phenoxy) is 3. The van der Waals surface area contributed by atoms with E-state index >= 15 is 0 Å². The van der Waals surface area contributed by atoms with E-state index in [1.807, 2.05) is 32.0 Å². The van der Waals surface area contributed by atoms with Gasteiger partial charge in [-0.1, -0.05) is 6.07 Å². The van der Waals surface area contributed by atoms with Crippen molar-refractivity contribution >= 4 is 0 Å². The van der Waals surface area contributed by atoms with Crippen molar-refractivity contribution in [3.8, 4) is 17.2 Å². The van der Waals surface area contributed by atoms with Crippen LogP contribution in [0.25, 0.3) is 0 Å². The largest absolute Gasteiger partial charge is 0.496 e. The molecule has 0 amide bonds. The minimum atomic E-state index is -0.298. The molecule has 2 rings (SSSR count). The average molecular weight is 347 g/mol. The molecule has 1 atom stereocenters. The van der Waals surface area contributed by atoms with Crippen molar-refractivity contribution in [3.63, 3.8) is 0 Å². The first kappa shape index (κ1) is 19.1. The van der Waals surface area contributed by atoms with Gasteiger partial charge in [0.05, 0.1) is 20.3 Å². The Hall–Kier alpha value is -2.27. The molecular weight excluding hydrogens is 321 g/mol. The van der Waals surface area contributed by atoms with Gasteiger partial charge in [-0.15, -0.1) is 0 Å². The summed E-state index contributed by atoms with van der Waals surface area (Å²) in [6.07, 6.45) is 0.687. The quantitative estimate of drug-likeness (QED) is 0.786. The highest BCUT2D eigenvalue weighted by atomic mass is 19.1. The molecular formula is C20H26FNO3. The molecule has 0 radical (unpaired) electrons. The van der Waals surface area contributed by atoms with Crippen molar-refractivity contribution in [1.82, 2.24) is 0 Å². The highest BCUT2D eigenvalue weighted by Crippen LogP contribution is 2.33. The third-order valence-electron chi connectivity index (χ3n) is 3.99. The summed E-state index contributed by atoms with van der Waals surface area (Å²) in [4.78, 5) is 0. The molecule has 2 N–H and O–H groups in total. The van der Waals surface area contributed by atoms with Crippen molar-refractivity contribution in [1.29, 1.82) is 0 Å². The Balaban J connectivity index is 2.31. The van der Waals surface area contributed by atoms with E-state index in [2.05, 4.69) is 0 Å². The second kappa shape index (κ2) is 8.72. The molecule has 0 aromatic heterocycles. The summed E-state index contributed by atoms with van der Waals surface area (Å²) in [5.41, 5.74) is 7.78. The number of nitrogens with two attached hydrogens (primary N) is 1. The summed E-state index contributed by atoms with van der Waals surface area (Å²) in [5, 5.41) is 0. The Morgan fingerprint density at radius 3 is 2.24 bits per heavy atom. The summed E-state index contributed by atoms with van der Waals surface area (Å²) < 4.78 is 30.2. The monoisotopic (exact) mass is 347 g/mol. The first-order valence-corrected chi connectivity index (χ1v) is 8.35. The average Bonchev–Trinajstić information content (AvgIpc) is 2.59. The van der Waals surface area contributed by atoms with Crippen LogP contribution in [-0.2, 0) is 6.42 Å². The van der Waals surface area contributed by atoms with Crippen LogP contribution >= 0.6 is 0 Å². The fourth-order valence-corrected chi connectivity index (χ4v) is 2.82. The molecule has 0 heterocycles. The van der Waals surface area contributed by atoms with E-state index in [4.69, 9.17) is 19.9 Å². The summed E-state index contributed by atoms with van der Waals surface area (Å²) in [7, 11) is 3.19. The van der Waals surface area contributed by atoms with E-state index in [0.717, 1.165) is 11.1 Å². The minimum absolute atomic E-state index is 0.0396. The number of hydrogen-bond donors (Lipinski definition) is 1. The van der Waals surface area contributed by atoms with Gasteiger partial charge in [-0.05, 0) is 62.7 Å². The van der Waals surface area contributed by atoms with Crippen molar-refractivity contribution in [2.75, 3.05) is 20.8 Å². The lowest BCUT2D eigenvalue weighted by atomic mass is 9.91. The van der Waals surface area contributed by atoms with E-state index < -0.39 is 0 Å². The van der Waals surface area contributed by atoms with Crippen molar-refractivity contribution in [2.45, 2.75) is 32.3 Å². The Kier molecular flexibility index (Phi) is 6.65. The topological polar surface area (TPSA) is 53.7 Å². The summed E-state index contributed by atoms with van der Waals surface area (Å²) in [6.45, 7) is 4.31. The van der Waals surface area contributed by atoms with Crippen LogP contribution in [0.4, 0.5) is 4.39 Å². The Morgan fingerprint density at radius 2 is 1.64 bits per heavy atom. The first-order valence-electron chi connectivity index (χ1n) is 8.35. The molecule has 0 aliphatic heterocycles.